The van der Waals surface area contributed by atoms with Crippen LogP contribution in [0.15, 0.2) is 22.3 Å². The fraction of sp³-hybridized carbons (Fsp3) is 0.636. The first kappa shape index (κ1) is 20.2. The lowest BCUT2D eigenvalue weighted by atomic mass is 9.51. The van der Waals surface area contributed by atoms with E-state index in [9.17, 15) is 29.4 Å². The standard InChI is InChI=1S/C22H26O7/c1-8-6-22(8)19(27)13-15(17(26)20(22)28)21(5)7-12(24)9(2)10(3)14(21)18(16(13)25)29-11(4)23/h8,14,16,18,20,25,28H,6-7H2,1-5H3/t8-,14-,16-,18-,20-,21-,22+/m0/s1. The minimum Gasteiger partial charge on any atom is -0.459 e. The van der Waals surface area contributed by atoms with Gasteiger partial charge >= 0.3 is 5.97 Å². The van der Waals surface area contributed by atoms with Gasteiger partial charge in [-0.25, -0.2) is 0 Å². The summed E-state index contributed by atoms with van der Waals surface area (Å²) in [5.41, 5.74) is -1.31. The average Bonchev–Trinajstić information content (AvgIpc) is 3.30. The van der Waals surface area contributed by atoms with E-state index in [4.69, 9.17) is 4.74 Å². The van der Waals surface area contributed by atoms with Crippen molar-refractivity contribution in [1.82, 2.24) is 0 Å². The number of aliphatic hydroxyl groups excluding tert-OH is 2. The summed E-state index contributed by atoms with van der Waals surface area (Å²) in [7, 11) is 0. The van der Waals surface area contributed by atoms with Crippen LogP contribution < -0.4 is 0 Å². The van der Waals surface area contributed by atoms with Crippen LogP contribution in [-0.2, 0) is 23.9 Å². The van der Waals surface area contributed by atoms with Crippen molar-refractivity contribution in [2.75, 3.05) is 0 Å². The van der Waals surface area contributed by atoms with Crippen molar-refractivity contribution in [1.29, 1.82) is 0 Å². The predicted octanol–water partition coefficient (Wildman–Crippen LogP) is 1.06. The van der Waals surface area contributed by atoms with E-state index in [1.54, 1.807) is 27.7 Å². The molecule has 0 heterocycles. The molecule has 0 amide bonds. The molecule has 4 aliphatic carbocycles. The number of aliphatic hydroxyl groups is 2. The molecule has 7 nitrogen and oxygen atoms in total. The number of ether oxygens (including phenoxy) is 1. The van der Waals surface area contributed by atoms with Gasteiger partial charge in [-0.05, 0) is 31.8 Å². The lowest BCUT2D eigenvalue weighted by Gasteiger charge is -2.53. The van der Waals surface area contributed by atoms with Gasteiger partial charge in [0, 0.05) is 35.8 Å². The second kappa shape index (κ2) is 5.95. The second-order valence-electron chi connectivity index (χ2n) is 9.35. The number of esters is 1. The van der Waals surface area contributed by atoms with Gasteiger partial charge in [-0.3, -0.25) is 19.2 Å². The van der Waals surface area contributed by atoms with Crippen LogP contribution >= 0.6 is 0 Å². The number of carbonyl (C=O) groups is 4. The van der Waals surface area contributed by atoms with Crippen molar-refractivity contribution >= 4 is 23.3 Å². The summed E-state index contributed by atoms with van der Waals surface area (Å²) in [4.78, 5) is 51.3. The van der Waals surface area contributed by atoms with E-state index in [0.29, 0.717) is 17.6 Å². The highest BCUT2D eigenvalue weighted by atomic mass is 16.6. The predicted molar refractivity (Wildman–Crippen MR) is 100 cm³/mol. The molecule has 0 aliphatic heterocycles. The number of fused-ring (bicyclic) bond motifs is 2. The summed E-state index contributed by atoms with van der Waals surface area (Å²) >= 11 is 0. The molecule has 1 saturated carbocycles. The molecule has 0 aromatic carbocycles. The van der Waals surface area contributed by atoms with Gasteiger partial charge in [0.15, 0.2) is 17.3 Å². The van der Waals surface area contributed by atoms with Crippen molar-refractivity contribution in [2.24, 2.45) is 22.7 Å². The Kier molecular flexibility index (Phi) is 4.14. The molecule has 1 fully saturated rings. The molecule has 1 spiro atoms. The Morgan fingerprint density at radius 2 is 1.76 bits per heavy atom. The van der Waals surface area contributed by atoms with Crippen molar-refractivity contribution in [3.63, 3.8) is 0 Å². The fourth-order valence-electron chi connectivity index (χ4n) is 6.04. The average molecular weight is 402 g/mol. The van der Waals surface area contributed by atoms with E-state index in [1.807, 2.05) is 0 Å². The lowest BCUT2D eigenvalue weighted by Crippen LogP contribution is -2.61. The summed E-state index contributed by atoms with van der Waals surface area (Å²) in [6.07, 6.45) is -3.76. The van der Waals surface area contributed by atoms with E-state index >= 15 is 0 Å². The lowest BCUT2D eigenvalue weighted by molar-refractivity contribution is -0.163. The maximum atomic E-state index is 13.4. The van der Waals surface area contributed by atoms with Gasteiger partial charge in [0.2, 0.25) is 0 Å². The Hall–Kier alpha value is -2.12. The molecular weight excluding hydrogens is 376 g/mol. The van der Waals surface area contributed by atoms with Crippen LogP contribution in [0.2, 0.25) is 0 Å². The Bertz CT molecular complexity index is 941. The quantitative estimate of drug-likeness (QED) is 0.630. The molecule has 0 aromatic rings. The van der Waals surface area contributed by atoms with Crippen LogP contribution in [0, 0.1) is 22.7 Å². The molecule has 7 atom stereocenters. The van der Waals surface area contributed by atoms with E-state index in [-0.39, 0.29) is 29.3 Å². The number of hydrogen-bond acceptors (Lipinski definition) is 7. The zero-order valence-corrected chi connectivity index (χ0v) is 17.2. The zero-order valence-electron chi connectivity index (χ0n) is 17.2. The number of hydrogen-bond donors (Lipinski definition) is 2. The van der Waals surface area contributed by atoms with Crippen molar-refractivity contribution in [3.8, 4) is 0 Å². The normalized spacial score (nSPS) is 44.1. The Labute approximate surface area is 168 Å². The summed E-state index contributed by atoms with van der Waals surface area (Å²) in [6.45, 7) is 8.08. The first-order chi connectivity index (χ1) is 13.4. The molecule has 0 radical (unpaired) electrons. The molecule has 0 bridgehead atoms. The summed E-state index contributed by atoms with van der Waals surface area (Å²) in [5.74, 6) is -2.69. The largest absolute Gasteiger partial charge is 0.459 e. The SMILES string of the molecule is CC(=O)O[C@@H]1[C@@H](O)C2=C(C(=O)[C@H](O)[C@@]3(C[C@@H]3C)C2=O)[C@@]2(C)CC(=O)C(C)=C(C)[C@@H]12. The van der Waals surface area contributed by atoms with Crippen molar-refractivity contribution in [3.05, 3.63) is 22.3 Å². The van der Waals surface area contributed by atoms with Gasteiger partial charge in [-0.1, -0.05) is 19.4 Å². The van der Waals surface area contributed by atoms with Crippen molar-refractivity contribution in [2.45, 2.75) is 65.8 Å². The van der Waals surface area contributed by atoms with E-state index in [1.165, 1.54) is 6.92 Å². The van der Waals surface area contributed by atoms with Gasteiger partial charge in [-0.2, -0.15) is 0 Å². The number of rotatable bonds is 1. The van der Waals surface area contributed by atoms with Crippen LogP contribution in [0.25, 0.3) is 0 Å². The number of ketones is 3. The smallest absolute Gasteiger partial charge is 0.303 e. The minimum absolute atomic E-state index is 0.0285. The molecule has 29 heavy (non-hydrogen) atoms. The first-order valence-electron chi connectivity index (χ1n) is 9.97. The summed E-state index contributed by atoms with van der Waals surface area (Å²) in [6, 6.07) is 0. The minimum atomic E-state index is -1.49. The molecule has 0 unspecified atom stereocenters. The maximum absolute atomic E-state index is 13.4. The molecule has 0 aromatic heterocycles. The molecule has 2 N–H and O–H groups in total. The third-order valence-corrected chi connectivity index (χ3v) is 7.78. The van der Waals surface area contributed by atoms with Gasteiger partial charge in [0.25, 0.3) is 0 Å². The Morgan fingerprint density at radius 1 is 1.17 bits per heavy atom. The van der Waals surface area contributed by atoms with Gasteiger partial charge < -0.3 is 14.9 Å². The first-order valence-corrected chi connectivity index (χ1v) is 9.97. The fourth-order valence-corrected chi connectivity index (χ4v) is 6.04. The summed E-state index contributed by atoms with van der Waals surface area (Å²) < 4.78 is 5.47. The highest BCUT2D eigenvalue weighted by Crippen LogP contribution is 2.64. The zero-order chi connectivity index (χ0) is 21.6. The Balaban J connectivity index is 2.00. The molecule has 156 valence electrons. The monoisotopic (exact) mass is 402 g/mol. The van der Waals surface area contributed by atoms with Crippen LogP contribution in [-0.4, -0.2) is 51.8 Å². The molecule has 4 rings (SSSR count). The van der Waals surface area contributed by atoms with Crippen LogP contribution in [0.1, 0.15) is 47.5 Å². The molecule has 4 aliphatic rings. The molecule has 7 heteroatoms. The van der Waals surface area contributed by atoms with E-state index in [0.717, 1.165) is 0 Å². The molecule has 0 saturated heterocycles. The van der Waals surface area contributed by atoms with Crippen LogP contribution in [0.5, 0.6) is 0 Å². The van der Waals surface area contributed by atoms with Crippen molar-refractivity contribution < 1.29 is 34.1 Å². The topological polar surface area (TPSA) is 118 Å². The number of allylic oxidation sites excluding steroid dienone is 1. The number of carbonyl (C=O) groups excluding carboxylic acids is 4. The highest BCUT2D eigenvalue weighted by Gasteiger charge is 2.71. The van der Waals surface area contributed by atoms with Crippen LogP contribution in [0.4, 0.5) is 0 Å². The number of Topliss-reactive ketones (excluding diaryl/α,β-unsaturated/α-hetero) is 3. The van der Waals surface area contributed by atoms with E-state index < -0.39 is 52.6 Å². The third kappa shape index (κ3) is 2.31. The Morgan fingerprint density at radius 3 is 2.28 bits per heavy atom. The third-order valence-electron chi connectivity index (χ3n) is 7.78. The van der Waals surface area contributed by atoms with Gasteiger partial charge in [0.05, 0.1) is 5.41 Å². The van der Waals surface area contributed by atoms with E-state index in [2.05, 4.69) is 0 Å². The maximum Gasteiger partial charge on any atom is 0.303 e. The highest BCUT2D eigenvalue weighted by molar-refractivity contribution is 6.20. The summed E-state index contributed by atoms with van der Waals surface area (Å²) in [5, 5.41) is 21.9. The van der Waals surface area contributed by atoms with Gasteiger partial charge in [0.1, 0.15) is 18.3 Å². The second-order valence-corrected chi connectivity index (χ2v) is 9.35. The van der Waals surface area contributed by atoms with Gasteiger partial charge in [-0.15, -0.1) is 0 Å². The molecular formula is C22H26O7. The van der Waals surface area contributed by atoms with Crippen LogP contribution in [0.3, 0.4) is 0 Å².